The highest BCUT2D eigenvalue weighted by Gasteiger charge is 2.21. The molecule has 15 heavy (non-hydrogen) atoms. The maximum Gasteiger partial charge on any atom is 0.170 e. The SMILES string of the molecule is COc1cc(C)ccc1C(O)C(O)C#N. The van der Waals surface area contributed by atoms with Crippen LogP contribution in [0.1, 0.15) is 17.2 Å². The predicted octanol–water partition coefficient (Wildman–Crippen LogP) is 0.921. The number of rotatable bonds is 3. The number of hydrogen-bond donors (Lipinski definition) is 2. The zero-order chi connectivity index (χ0) is 11.4. The molecule has 4 heteroatoms. The van der Waals surface area contributed by atoms with Crippen LogP contribution in [0, 0.1) is 18.3 Å². The highest BCUT2D eigenvalue weighted by atomic mass is 16.5. The van der Waals surface area contributed by atoms with Crippen molar-refractivity contribution in [3.8, 4) is 11.8 Å². The summed E-state index contributed by atoms with van der Waals surface area (Å²) >= 11 is 0. The number of nitrogens with zero attached hydrogens (tertiary/aromatic N) is 1. The van der Waals surface area contributed by atoms with Crippen molar-refractivity contribution in [2.24, 2.45) is 0 Å². The van der Waals surface area contributed by atoms with Gasteiger partial charge in [0.2, 0.25) is 0 Å². The van der Waals surface area contributed by atoms with E-state index in [1.807, 2.05) is 6.92 Å². The standard InChI is InChI=1S/C11H13NO3/c1-7-3-4-8(10(5-7)15-2)11(14)9(13)6-12/h3-5,9,11,13-14H,1-2H3. The van der Waals surface area contributed by atoms with Gasteiger partial charge >= 0.3 is 0 Å². The van der Waals surface area contributed by atoms with Crippen molar-refractivity contribution in [2.45, 2.75) is 19.1 Å². The van der Waals surface area contributed by atoms with E-state index < -0.39 is 12.2 Å². The van der Waals surface area contributed by atoms with Gasteiger partial charge in [-0.2, -0.15) is 5.26 Å². The van der Waals surface area contributed by atoms with Crippen LogP contribution >= 0.6 is 0 Å². The van der Waals surface area contributed by atoms with Gasteiger partial charge in [0.05, 0.1) is 13.2 Å². The van der Waals surface area contributed by atoms with Crippen molar-refractivity contribution in [3.05, 3.63) is 29.3 Å². The molecule has 1 aromatic rings. The lowest BCUT2D eigenvalue weighted by atomic mass is 10.0. The second-order valence-corrected chi connectivity index (χ2v) is 3.26. The molecule has 2 N–H and O–H groups in total. The van der Waals surface area contributed by atoms with Crippen molar-refractivity contribution in [3.63, 3.8) is 0 Å². The van der Waals surface area contributed by atoms with Crippen LogP contribution in [0.15, 0.2) is 18.2 Å². The number of benzene rings is 1. The molecule has 2 unspecified atom stereocenters. The van der Waals surface area contributed by atoms with Gasteiger partial charge < -0.3 is 14.9 Å². The predicted molar refractivity (Wildman–Crippen MR) is 54.3 cm³/mol. The van der Waals surface area contributed by atoms with Crippen molar-refractivity contribution in [1.29, 1.82) is 5.26 Å². The first-order valence-electron chi connectivity index (χ1n) is 4.50. The summed E-state index contributed by atoms with van der Waals surface area (Å²) in [6, 6.07) is 6.74. The molecule has 0 saturated carbocycles. The fourth-order valence-electron chi connectivity index (χ4n) is 1.30. The molecule has 1 rings (SSSR count). The highest BCUT2D eigenvalue weighted by molar-refractivity contribution is 5.39. The number of methoxy groups -OCH3 is 1. The molecule has 0 spiro atoms. The van der Waals surface area contributed by atoms with Gasteiger partial charge in [-0.15, -0.1) is 0 Å². The number of aliphatic hydroxyl groups excluding tert-OH is 2. The van der Waals surface area contributed by atoms with Gasteiger partial charge in [-0.3, -0.25) is 0 Å². The molecule has 0 amide bonds. The summed E-state index contributed by atoms with van der Waals surface area (Å²) in [6.07, 6.45) is -2.69. The van der Waals surface area contributed by atoms with Gasteiger partial charge in [0.1, 0.15) is 11.9 Å². The second kappa shape index (κ2) is 4.78. The maximum atomic E-state index is 9.64. The molecule has 0 saturated heterocycles. The van der Waals surface area contributed by atoms with E-state index in [1.165, 1.54) is 7.11 Å². The molecule has 2 atom stereocenters. The van der Waals surface area contributed by atoms with Crippen LogP contribution in [0.5, 0.6) is 5.75 Å². The zero-order valence-electron chi connectivity index (χ0n) is 8.64. The van der Waals surface area contributed by atoms with Crippen molar-refractivity contribution in [2.75, 3.05) is 7.11 Å². The molecular formula is C11H13NO3. The quantitative estimate of drug-likeness (QED) is 0.723. The van der Waals surface area contributed by atoms with Crippen molar-refractivity contribution in [1.82, 2.24) is 0 Å². The third-order valence-electron chi connectivity index (χ3n) is 2.14. The molecule has 0 aromatic heterocycles. The van der Waals surface area contributed by atoms with E-state index in [4.69, 9.17) is 10.00 Å². The summed E-state index contributed by atoms with van der Waals surface area (Å²) in [5, 5.41) is 27.3. The number of aryl methyl sites for hydroxylation is 1. The summed E-state index contributed by atoms with van der Waals surface area (Å²) in [6.45, 7) is 1.89. The molecule has 0 heterocycles. The lowest BCUT2D eigenvalue weighted by Gasteiger charge is -2.15. The first-order chi connectivity index (χ1) is 7.10. The Morgan fingerprint density at radius 2 is 2.07 bits per heavy atom. The van der Waals surface area contributed by atoms with Crippen molar-refractivity contribution >= 4 is 0 Å². The Bertz CT molecular complexity index is 384. The summed E-state index contributed by atoms with van der Waals surface area (Å²) in [4.78, 5) is 0. The van der Waals surface area contributed by atoms with E-state index in [-0.39, 0.29) is 0 Å². The summed E-state index contributed by atoms with van der Waals surface area (Å²) < 4.78 is 5.06. The molecule has 0 fully saturated rings. The smallest absolute Gasteiger partial charge is 0.170 e. The van der Waals surface area contributed by atoms with Gasteiger partial charge in [0.25, 0.3) is 0 Å². The van der Waals surface area contributed by atoms with Crippen LogP contribution in [-0.2, 0) is 0 Å². The molecule has 0 aliphatic rings. The van der Waals surface area contributed by atoms with Crippen LogP contribution < -0.4 is 4.74 Å². The van der Waals surface area contributed by atoms with Gasteiger partial charge in [-0.1, -0.05) is 12.1 Å². The third kappa shape index (κ3) is 2.46. The normalized spacial score (nSPS) is 14.1. The Morgan fingerprint density at radius 1 is 1.40 bits per heavy atom. The number of hydrogen-bond acceptors (Lipinski definition) is 4. The van der Waals surface area contributed by atoms with E-state index in [0.717, 1.165) is 5.56 Å². The Hall–Kier alpha value is -1.57. The fourth-order valence-corrected chi connectivity index (χ4v) is 1.30. The highest BCUT2D eigenvalue weighted by Crippen LogP contribution is 2.27. The Morgan fingerprint density at radius 3 is 2.60 bits per heavy atom. The number of aliphatic hydroxyl groups is 2. The van der Waals surface area contributed by atoms with E-state index in [2.05, 4.69) is 0 Å². The maximum absolute atomic E-state index is 9.64. The first-order valence-corrected chi connectivity index (χ1v) is 4.50. The molecule has 0 bridgehead atoms. The summed E-state index contributed by atoms with van der Waals surface area (Å²) in [5.41, 5.74) is 1.39. The monoisotopic (exact) mass is 207 g/mol. The first kappa shape index (κ1) is 11.5. The van der Waals surface area contributed by atoms with Crippen molar-refractivity contribution < 1.29 is 14.9 Å². The molecular weight excluding hydrogens is 194 g/mol. The molecule has 80 valence electrons. The summed E-state index contributed by atoms with van der Waals surface area (Å²) in [5.74, 6) is 0.469. The van der Waals surface area contributed by atoms with E-state index in [1.54, 1.807) is 24.3 Å². The lowest BCUT2D eigenvalue weighted by molar-refractivity contribution is 0.0511. The fraction of sp³-hybridized carbons (Fsp3) is 0.364. The Balaban J connectivity index is 3.09. The van der Waals surface area contributed by atoms with Gasteiger partial charge in [-0.25, -0.2) is 0 Å². The largest absolute Gasteiger partial charge is 0.496 e. The van der Waals surface area contributed by atoms with Crippen LogP contribution in [0.3, 0.4) is 0 Å². The molecule has 0 radical (unpaired) electrons. The van der Waals surface area contributed by atoms with Crippen LogP contribution in [-0.4, -0.2) is 23.4 Å². The van der Waals surface area contributed by atoms with E-state index in [9.17, 15) is 10.2 Å². The van der Waals surface area contributed by atoms with Gasteiger partial charge in [0.15, 0.2) is 6.10 Å². The minimum atomic E-state index is -1.44. The van der Waals surface area contributed by atoms with Crippen LogP contribution in [0.2, 0.25) is 0 Å². The topological polar surface area (TPSA) is 73.5 Å². The second-order valence-electron chi connectivity index (χ2n) is 3.26. The Kier molecular flexibility index (Phi) is 3.67. The minimum absolute atomic E-state index is 0.414. The lowest BCUT2D eigenvalue weighted by Crippen LogP contribution is -2.16. The zero-order valence-corrected chi connectivity index (χ0v) is 8.64. The summed E-state index contributed by atoms with van der Waals surface area (Å²) in [7, 11) is 1.48. The average Bonchev–Trinajstić information content (AvgIpc) is 2.26. The van der Waals surface area contributed by atoms with E-state index in [0.29, 0.717) is 11.3 Å². The minimum Gasteiger partial charge on any atom is -0.496 e. The van der Waals surface area contributed by atoms with Crippen LogP contribution in [0.4, 0.5) is 0 Å². The average molecular weight is 207 g/mol. The molecule has 1 aromatic carbocycles. The Labute approximate surface area is 88.4 Å². The van der Waals surface area contributed by atoms with Gasteiger partial charge in [0, 0.05) is 5.56 Å². The van der Waals surface area contributed by atoms with E-state index >= 15 is 0 Å². The number of ether oxygens (including phenoxy) is 1. The molecule has 4 nitrogen and oxygen atoms in total. The molecule has 0 aliphatic carbocycles. The molecule has 0 aliphatic heterocycles. The number of nitriles is 1. The van der Waals surface area contributed by atoms with Gasteiger partial charge in [-0.05, 0) is 18.6 Å². The van der Waals surface area contributed by atoms with Crippen LogP contribution in [0.25, 0.3) is 0 Å². The third-order valence-corrected chi connectivity index (χ3v) is 2.14.